The zero-order chi connectivity index (χ0) is 16.7. The predicted octanol–water partition coefficient (Wildman–Crippen LogP) is 3.91. The molecule has 4 nitrogen and oxygen atoms in total. The fourth-order valence-electron chi connectivity index (χ4n) is 2.75. The maximum absolute atomic E-state index is 11.8. The van der Waals surface area contributed by atoms with Crippen molar-refractivity contribution >= 4 is 56.9 Å². The molecule has 4 N–H and O–H groups in total. The van der Waals surface area contributed by atoms with Gasteiger partial charge in [0.1, 0.15) is 4.32 Å². The van der Waals surface area contributed by atoms with E-state index in [0.29, 0.717) is 14.9 Å². The van der Waals surface area contributed by atoms with Crippen molar-refractivity contribution in [1.82, 2.24) is 10.3 Å². The predicted molar refractivity (Wildman–Crippen MR) is 104 cm³/mol. The van der Waals surface area contributed by atoms with Crippen molar-refractivity contribution in [2.24, 2.45) is 0 Å². The van der Waals surface area contributed by atoms with Crippen LogP contribution in [0.1, 0.15) is 5.56 Å². The number of thiocarbonyl (C=S) groups is 1. The van der Waals surface area contributed by atoms with Crippen molar-refractivity contribution in [3.63, 3.8) is 0 Å². The van der Waals surface area contributed by atoms with Crippen molar-refractivity contribution in [3.05, 3.63) is 59.1 Å². The Hall–Kier alpha value is -2.57. The summed E-state index contributed by atoms with van der Waals surface area (Å²) in [4.78, 5) is 15.5. The van der Waals surface area contributed by atoms with Crippen LogP contribution in [0.3, 0.4) is 0 Å². The summed E-state index contributed by atoms with van der Waals surface area (Å²) in [6.07, 6.45) is 3.73. The molecule has 1 fully saturated rings. The van der Waals surface area contributed by atoms with Gasteiger partial charge in [0.25, 0.3) is 5.91 Å². The molecule has 3 aromatic rings. The molecule has 2 heterocycles. The number of nitrogens with two attached hydrogens (primary N) is 1. The Bertz CT molecular complexity index is 1020. The molecular weight excluding hydrogens is 338 g/mol. The topological polar surface area (TPSA) is 70.9 Å². The Morgan fingerprint density at radius 1 is 1.12 bits per heavy atom. The quantitative estimate of drug-likeness (QED) is 0.372. The number of thioether (sulfide) groups is 1. The van der Waals surface area contributed by atoms with E-state index in [9.17, 15) is 4.79 Å². The van der Waals surface area contributed by atoms with Crippen LogP contribution in [-0.2, 0) is 4.79 Å². The molecule has 2 aromatic carbocycles. The Balaban J connectivity index is 1.75. The summed E-state index contributed by atoms with van der Waals surface area (Å²) < 4.78 is 0.494. The van der Waals surface area contributed by atoms with Gasteiger partial charge in [0.05, 0.1) is 16.1 Å². The number of rotatable bonds is 2. The maximum Gasteiger partial charge on any atom is 0.263 e. The Kier molecular flexibility index (Phi) is 3.63. The van der Waals surface area contributed by atoms with Gasteiger partial charge in [-0.2, -0.15) is 0 Å². The normalized spacial score (nSPS) is 16.1. The molecule has 1 aliphatic rings. The molecule has 0 saturated carbocycles. The van der Waals surface area contributed by atoms with E-state index < -0.39 is 0 Å². The average Bonchev–Trinajstić information content (AvgIpc) is 3.14. The van der Waals surface area contributed by atoms with Gasteiger partial charge in [-0.15, -0.1) is 0 Å². The average molecular weight is 351 g/mol. The first-order chi connectivity index (χ1) is 11.6. The smallest absolute Gasteiger partial charge is 0.263 e. The van der Waals surface area contributed by atoms with Crippen LogP contribution in [0, 0.1) is 0 Å². The highest BCUT2D eigenvalue weighted by Gasteiger charge is 2.21. The van der Waals surface area contributed by atoms with E-state index in [1.165, 1.54) is 11.8 Å². The second-order valence-electron chi connectivity index (χ2n) is 5.49. The Labute approximate surface area is 148 Å². The molecule has 0 radical (unpaired) electrons. The molecule has 6 heteroatoms. The van der Waals surface area contributed by atoms with Crippen LogP contribution in [0.15, 0.2) is 53.6 Å². The number of amides is 1. The number of H-pyrrole nitrogens is 1. The molecule has 0 unspecified atom stereocenters. The lowest BCUT2D eigenvalue weighted by molar-refractivity contribution is -0.115. The molecule has 0 spiro atoms. The summed E-state index contributed by atoms with van der Waals surface area (Å²) >= 11 is 6.30. The Morgan fingerprint density at radius 2 is 2.00 bits per heavy atom. The van der Waals surface area contributed by atoms with Crippen LogP contribution in [0.25, 0.3) is 28.1 Å². The number of hydrogen-bond acceptors (Lipinski definition) is 4. The highest BCUT2D eigenvalue weighted by atomic mass is 32.2. The van der Waals surface area contributed by atoms with Gasteiger partial charge in [0.15, 0.2) is 0 Å². The third-order valence-electron chi connectivity index (χ3n) is 3.85. The molecule has 0 bridgehead atoms. The van der Waals surface area contributed by atoms with Gasteiger partial charge in [0, 0.05) is 11.6 Å². The van der Waals surface area contributed by atoms with Gasteiger partial charge in [-0.1, -0.05) is 42.2 Å². The molecule has 0 aliphatic carbocycles. The van der Waals surface area contributed by atoms with Crippen molar-refractivity contribution < 1.29 is 4.79 Å². The first kappa shape index (κ1) is 15.0. The number of aromatic nitrogens is 1. The van der Waals surface area contributed by atoms with Crippen molar-refractivity contribution in [1.29, 1.82) is 0 Å². The number of aromatic amines is 1. The minimum absolute atomic E-state index is 0.145. The second kappa shape index (κ2) is 5.81. The van der Waals surface area contributed by atoms with E-state index in [2.05, 4.69) is 16.4 Å². The van der Waals surface area contributed by atoms with Crippen LogP contribution >= 0.6 is 24.0 Å². The van der Waals surface area contributed by atoms with Crippen molar-refractivity contribution in [3.8, 4) is 11.1 Å². The number of anilines is 1. The summed E-state index contributed by atoms with van der Waals surface area (Å²) in [5.41, 5.74) is 10.8. The van der Waals surface area contributed by atoms with E-state index in [0.717, 1.165) is 27.6 Å². The fourth-order valence-corrected chi connectivity index (χ4v) is 3.79. The van der Waals surface area contributed by atoms with E-state index in [1.807, 2.05) is 48.7 Å². The van der Waals surface area contributed by atoms with Gasteiger partial charge in [0.2, 0.25) is 0 Å². The fraction of sp³-hybridized carbons (Fsp3) is 0. The monoisotopic (exact) mass is 351 g/mol. The molecular formula is C18H13N3OS2. The largest absolute Gasteiger partial charge is 0.397 e. The van der Waals surface area contributed by atoms with Gasteiger partial charge >= 0.3 is 0 Å². The number of nitrogen functional groups attached to an aromatic ring is 1. The molecule has 1 aromatic heterocycles. The summed E-state index contributed by atoms with van der Waals surface area (Å²) in [6.45, 7) is 0. The zero-order valence-corrected chi connectivity index (χ0v) is 14.1. The Morgan fingerprint density at radius 3 is 2.79 bits per heavy atom. The third-order valence-corrected chi connectivity index (χ3v) is 5.01. The first-order valence-corrected chi connectivity index (χ1v) is 8.54. The maximum atomic E-state index is 11.8. The van der Waals surface area contributed by atoms with Crippen LogP contribution < -0.4 is 11.1 Å². The second-order valence-corrected chi connectivity index (χ2v) is 7.20. The lowest BCUT2D eigenvalue weighted by Gasteiger charge is -2.06. The van der Waals surface area contributed by atoms with E-state index in [4.69, 9.17) is 18.0 Å². The minimum Gasteiger partial charge on any atom is -0.397 e. The first-order valence-electron chi connectivity index (χ1n) is 7.32. The van der Waals surface area contributed by atoms with Gasteiger partial charge in [-0.3, -0.25) is 4.79 Å². The standard InChI is InChI=1S/C18H13N3OS2/c19-14-9-13(8-12-4-5-20-16(12)14)11-3-1-2-10(6-11)7-15-17(22)21-18(23)24-15/h1-9,20H,19H2,(H,21,22,23)/b15-7-. The molecule has 1 amide bonds. The molecule has 4 rings (SSSR count). The molecule has 1 aliphatic heterocycles. The minimum atomic E-state index is -0.145. The van der Waals surface area contributed by atoms with E-state index >= 15 is 0 Å². The number of hydrogen-bond donors (Lipinski definition) is 3. The zero-order valence-electron chi connectivity index (χ0n) is 12.5. The van der Waals surface area contributed by atoms with Gasteiger partial charge < -0.3 is 16.0 Å². The van der Waals surface area contributed by atoms with Crippen LogP contribution in [0.5, 0.6) is 0 Å². The lowest BCUT2D eigenvalue weighted by atomic mass is 10.0. The number of carbonyl (C=O) groups is 1. The lowest BCUT2D eigenvalue weighted by Crippen LogP contribution is -2.17. The third kappa shape index (κ3) is 2.70. The summed E-state index contributed by atoms with van der Waals surface area (Å²) in [6, 6.07) is 14.1. The van der Waals surface area contributed by atoms with Crippen LogP contribution in [0.2, 0.25) is 0 Å². The van der Waals surface area contributed by atoms with Crippen molar-refractivity contribution in [2.45, 2.75) is 0 Å². The summed E-state index contributed by atoms with van der Waals surface area (Å²) in [5, 5.41) is 3.70. The van der Waals surface area contributed by atoms with Crippen LogP contribution in [-0.4, -0.2) is 15.2 Å². The van der Waals surface area contributed by atoms with Crippen molar-refractivity contribution in [2.75, 3.05) is 5.73 Å². The molecule has 0 atom stereocenters. The molecule has 1 saturated heterocycles. The summed E-state index contributed by atoms with van der Waals surface area (Å²) in [7, 11) is 0. The molecule has 24 heavy (non-hydrogen) atoms. The highest BCUT2D eigenvalue weighted by molar-refractivity contribution is 8.26. The van der Waals surface area contributed by atoms with E-state index in [1.54, 1.807) is 0 Å². The summed E-state index contributed by atoms with van der Waals surface area (Å²) in [5.74, 6) is -0.145. The number of fused-ring (bicyclic) bond motifs is 1. The number of nitrogens with one attached hydrogen (secondary N) is 2. The number of carbonyl (C=O) groups excluding carboxylic acids is 1. The number of benzene rings is 2. The highest BCUT2D eigenvalue weighted by Crippen LogP contribution is 2.31. The SMILES string of the molecule is Nc1cc(-c2cccc(/C=C3\SC(=S)NC3=O)c2)cc2cc[nH]c12. The van der Waals surface area contributed by atoms with Crippen LogP contribution in [0.4, 0.5) is 5.69 Å². The van der Waals surface area contributed by atoms with Gasteiger partial charge in [-0.05, 0) is 47.0 Å². The van der Waals surface area contributed by atoms with E-state index in [-0.39, 0.29) is 5.91 Å². The molecule has 118 valence electrons. The van der Waals surface area contributed by atoms with Gasteiger partial charge in [-0.25, -0.2) is 0 Å².